The third-order valence-electron chi connectivity index (χ3n) is 4.14. The second kappa shape index (κ2) is 7.25. The van der Waals surface area contributed by atoms with Crippen molar-refractivity contribution in [3.05, 3.63) is 66.0 Å². The number of urea groups is 1. The lowest BCUT2D eigenvalue weighted by Crippen LogP contribution is -2.48. The van der Waals surface area contributed by atoms with Crippen molar-refractivity contribution in [2.75, 3.05) is 18.0 Å². The number of para-hydroxylation sites is 1. The highest BCUT2D eigenvalue weighted by Crippen LogP contribution is 2.22. The summed E-state index contributed by atoms with van der Waals surface area (Å²) in [6.07, 6.45) is 2.92. The van der Waals surface area contributed by atoms with Crippen LogP contribution in [0, 0.1) is 5.82 Å². The van der Waals surface area contributed by atoms with Gasteiger partial charge in [0.15, 0.2) is 0 Å². The first-order valence-corrected chi connectivity index (χ1v) is 8.11. The molecular weight excluding hydrogens is 307 g/mol. The molecule has 4 nitrogen and oxygen atoms in total. The smallest absolute Gasteiger partial charge is 0.324 e. The van der Waals surface area contributed by atoms with Crippen molar-refractivity contribution in [2.24, 2.45) is 0 Å². The molecule has 3 rings (SSSR count). The third-order valence-corrected chi connectivity index (χ3v) is 4.14. The molecule has 124 valence electrons. The summed E-state index contributed by atoms with van der Waals surface area (Å²) in [4.78, 5) is 28.6. The van der Waals surface area contributed by atoms with Crippen LogP contribution in [0.4, 0.5) is 14.9 Å². The highest BCUT2D eigenvalue weighted by molar-refractivity contribution is 6.20. The van der Waals surface area contributed by atoms with Gasteiger partial charge in [0.05, 0.1) is 11.3 Å². The van der Waals surface area contributed by atoms with E-state index in [4.69, 9.17) is 0 Å². The summed E-state index contributed by atoms with van der Waals surface area (Å²) in [6.45, 7) is 1.24. The quantitative estimate of drug-likeness (QED) is 0.834. The zero-order chi connectivity index (χ0) is 16.9. The molecule has 0 spiro atoms. The van der Waals surface area contributed by atoms with Gasteiger partial charge in [-0.3, -0.25) is 4.79 Å². The average molecular weight is 326 g/mol. The maximum atomic E-state index is 14.0. The number of rotatable bonds is 2. The number of carbonyl (C=O) groups excluding carboxylic acids is 2. The molecule has 0 bridgehead atoms. The molecule has 1 heterocycles. The molecule has 0 aromatic heterocycles. The molecule has 0 radical (unpaired) electrons. The molecule has 0 N–H and O–H groups in total. The normalized spacial score (nSPS) is 14.3. The number of imide groups is 1. The summed E-state index contributed by atoms with van der Waals surface area (Å²) < 4.78 is 14.0. The number of halogens is 1. The van der Waals surface area contributed by atoms with E-state index in [-0.39, 0.29) is 5.56 Å². The number of anilines is 1. The molecule has 1 aliphatic rings. The minimum Gasteiger partial charge on any atom is -0.324 e. The largest absolute Gasteiger partial charge is 0.331 e. The van der Waals surface area contributed by atoms with Gasteiger partial charge < -0.3 is 4.90 Å². The number of carbonyl (C=O) groups is 2. The van der Waals surface area contributed by atoms with Crippen molar-refractivity contribution >= 4 is 17.6 Å². The molecule has 0 saturated carbocycles. The zero-order valence-corrected chi connectivity index (χ0v) is 13.3. The van der Waals surface area contributed by atoms with Crippen molar-refractivity contribution in [2.45, 2.75) is 19.3 Å². The van der Waals surface area contributed by atoms with Crippen molar-refractivity contribution in [1.82, 2.24) is 4.90 Å². The van der Waals surface area contributed by atoms with Crippen LogP contribution in [0.15, 0.2) is 54.6 Å². The Hall–Kier alpha value is -2.69. The van der Waals surface area contributed by atoms with Crippen molar-refractivity contribution in [1.29, 1.82) is 0 Å². The van der Waals surface area contributed by atoms with Gasteiger partial charge in [0.1, 0.15) is 5.82 Å². The summed E-state index contributed by atoms with van der Waals surface area (Å²) in [5, 5.41) is 0. The topological polar surface area (TPSA) is 40.6 Å². The lowest BCUT2D eigenvalue weighted by Gasteiger charge is -2.32. The van der Waals surface area contributed by atoms with Gasteiger partial charge in [0.25, 0.3) is 5.91 Å². The number of hydrogen-bond donors (Lipinski definition) is 0. The van der Waals surface area contributed by atoms with Crippen molar-refractivity contribution in [3.63, 3.8) is 0 Å². The van der Waals surface area contributed by atoms with Gasteiger partial charge in [0, 0.05) is 13.1 Å². The summed E-state index contributed by atoms with van der Waals surface area (Å²) in [5.74, 6) is -1.27. The van der Waals surface area contributed by atoms with Crippen LogP contribution in [0.2, 0.25) is 0 Å². The van der Waals surface area contributed by atoms with Crippen LogP contribution < -0.4 is 4.90 Å². The summed E-state index contributed by atoms with van der Waals surface area (Å²) in [7, 11) is 0. The fourth-order valence-electron chi connectivity index (χ4n) is 2.87. The molecule has 1 aliphatic heterocycles. The standard InChI is InChI=1S/C19H19FN2O2/c20-17-12-6-5-11-16(17)18(23)22(15-9-3-1-4-10-15)19(24)21-13-7-2-8-14-21/h1,3-6,9-12H,2,7-8,13-14H2. The van der Waals surface area contributed by atoms with E-state index in [0.29, 0.717) is 18.8 Å². The first kappa shape index (κ1) is 16.2. The lowest BCUT2D eigenvalue weighted by molar-refractivity contribution is 0.0979. The highest BCUT2D eigenvalue weighted by Gasteiger charge is 2.30. The van der Waals surface area contributed by atoms with Crippen LogP contribution >= 0.6 is 0 Å². The first-order chi connectivity index (χ1) is 11.7. The van der Waals surface area contributed by atoms with E-state index in [1.165, 1.54) is 18.2 Å². The van der Waals surface area contributed by atoms with E-state index in [1.807, 2.05) is 0 Å². The molecule has 1 fully saturated rings. The molecule has 2 aromatic rings. The molecule has 3 amide bonds. The average Bonchev–Trinajstić information content (AvgIpc) is 2.64. The van der Waals surface area contributed by atoms with Gasteiger partial charge in [-0.2, -0.15) is 0 Å². The predicted molar refractivity (Wildman–Crippen MR) is 90.5 cm³/mol. The fourth-order valence-corrected chi connectivity index (χ4v) is 2.87. The van der Waals surface area contributed by atoms with E-state index in [9.17, 15) is 14.0 Å². The van der Waals surface area contributed by atoms with Crippen molar-refractivity contribution < 1.29 is 14.0 Å². The van der Waals surface area contributed by atoms with Gasteiger partial charge in [-0.15, -0.1) is 0 Å². The Balaban J connectivity index is 1.97. The Labute approximate surface area is 140 Å². The van der Waals surface area contributed by atoms with Crippen LogP contribution in [0.3, 0.4) is 0 Å². The van der Waals surface area contributed by atoms with Crippen molar-refractivity contribution in [3.8, 4) is 0 Å². The maximum Gasteiger partial charge on any atom is 0.331 e. The predicted octanol–water partition coefficient (Wildman–Crippen LogP) is 4.08. The maximum absolute atomic E-state index is 14.0. The molecule has 5 heteroatoms. The van der Waals surface area contributed by atoms with E-state index in [0.717, 1.165) is 24.2 Å². The molecule has 2 aromatic carbocycles. The summed E-state index contributed by atoms with van der Waals surface area (Å²) in [6, 6.07) is 14.0. The van der Waals surface area contributed by atoms with Crippen LogP contribution in [-0.4, -0.2) is 29.9 Å². The molecule has 0 aliphatic carbocycles. The molecule has 24 heavy (non-hydrogen) atoms. The van der Waals surface area contributed by atoms with Crippen LogP contribution in [0.5, 0.6) is 0 Å². The molecule has 0 unspecified atom stereocenters. The Kier molecular flexibility index (Phi) is 4.89. The number of amides is 3. The Bertz CT molecular complexity index is 727. The first-order valence-electron chi connectivity index (χ1n) is 8.11. The lowest BCUT2D eigenvalue weighted by atomic mass is 10.1. The minimum atomic E-state index is -0.644. The van der Waals surface area contributed by atoms with E-state index in [1.54, 1.807) is 41.3 Å². The van der Waals surface area contributed by atoms with Crippen LogP contribution in [0.1, 0.15) is 29.6 Å². The van der Waals surface area contributed by atoms with Gasteiger partial charge in [-0.25, -0.2) is 14.1 Å². The van der Waals surface area contributed by atoms with Crippen LogP contribution in [0.25, 0.3) is 0 Å². The van der Waals surface area contributed by atoms with Gasteiger partial charge in [-0.1, -0.05) is 30.3 Å². The number of piperidine rings is 1. The minimum absolute atomic E-state index is 0.105. The second-order valence-electron chi connectivity index (χ2n) is 5.79. The number of likely N-dealkylation sites (tertiary alicyclic amines) is 1. The number of benzene rings is 2. The zero-order valence-electron chi connectivity index (χ0n) is 13.3. The Morgan fingerprint density at radius 1 is 0.875 bits per heavy atom. The van der Waals surface area contributed by atoms with E-state index >= 15 is 0 Å². The molecule has 1 saturated heterocycles. The Morgan fingerprint density at radius 3 is 2.17 bits per heavy atom. The SMILES string of the molecule is O=C(c1ccccc1F)N(C(=O)N1CCCCC1)c1ccccc1. The van der Waals surface area contributed by atoms with Gasteiger partial charge in [0.2, 0.25) is 0 Å². The molecular formula is C19H19FN2O2. The van der Waals surface area contributed by atoms with Gasteiger partial charge in [-0.05, 0) is 43.5 Å². The summed E-state index contributed by atoms with van der Waals surface area (Å²) in [5.41, 5.74) is 0.341. The monoisotopic (exact) mass is 326 g/mol. The Morgan fingerprint density at radius 2 is 1.50 bits per heavy atom. The van der Waals surface area contributed by atoms with Gasteiger partial charge >= 0.3 is 6.03 Å². The third kappa shape index (κ3) is 3.30. The second-order valence-corrected chi connectivity index (χ2v) is 5.79. The van der Waals surface area contributed by atoms with E-state index in [2.05, 4.69) is 0 Å². The number of nitrogens with zero attached hydrogens (tertiary/aromatic N) is 2. The molecule has 0 atom stereocenters. The number of hydrogen-bond acceptors (Lipinski definition) is 2. The fraction of sp³-hybridized carbons (Fsp3) is 0.263. The van der Waals surface area contributed by atoms with E-state index < -0.39 is 17.8 Å². The van der Waals surface area contributed by atoms with Crippen LogP contribution in [-0.2, 0) is 0 Å². The summed E-state index contributed by atoms with van der Waals surface area (Å²) >= 11 is 0. The highest BCUT2D eigenvalue weighted by atomic mass is 19.1.